The second kappa shape index (κ2) is 4.98. The highest BCUT2D eigenvalue weighted by molar-refractivity contribution is 7.50. The van der Waals surface area contributed by atoms with Crippen molar-refractivity contribution in [1.29, 1.82) is 0 Å². The van der Waals surface area contributed by atoms with Gasteiger partial charge in [-0.25, -0.2) is 0 Å². The van der Waals surface area contributed by atoms with Crippen LogP contribution < -0.4 is 4.89 Å². The van der Waals surface area contributed by atoms with Gasteiger partial charge in [0.15, 0.2) is 6.10 Å². The quantitative estimate of drug-likeness (QED) is 0.803. The Hall–Kier alpha value is -0.550. The molecular formula is C9H8ClF3O3P-. The van der Waals surface area contributed by atoms with Crippen LogP contribution >= 0.6 is 19.2 Å². The molecule has 2 atom stereocenters. The summed E-state index contributed by atoms with van der Waals surface area (Å²) in [5.74, 6) is 0. The Balaban J connectivity index is 3.12. The van der Waals surface area contributed by atoms with Gasteiger partial charge in [-0.3, -0.25) is 0 Å². The van der Waals surface area contributed by atoms with Gasteiger partial charge in [-0.2, -0.15) is 13.2 Å². The van der Waals surface area contributed by atoms with E-state index in [2.05, 4.69) is 4.52 Å². The molecule has 0 fully saturated rings. The minimum absolute atomic E-state index is 0.0668. The van der Waals surface area contributed by atoms with E-state index >= 15 is 0 Å². The zero-order chi connectivity index (χ0) is 13.3. The number of benzene rings is 1. The summed E-state index contributed by atoms with van der Waals surface area (Å²) in [7, 11) is -4.51. The Bertz CT molecular complexity index is 443. The van der Waals surface area contributed by atoms with E-state index in [1.54, 1.807) is 0 Å². The molecule has 1 rings (SSSR count). The van der Waals surface area contributed by atoms with Crippen molar-refractivity contribution in [3.05, 3.63) is 34.9 Å². The summed E-state index contributed by atoms with van der Waals surface area (Å²) in [5, 5.41) is 0.0668. The van der Waals surface area contributed by atoms with Crippen LogP contribution in [-0.2, 0) is 9.09 Å². The number of alkyl halides is 3. The van der Waals surface area contributed by atoms with Crippen molar-refractivity contribution in [3.63, 3.8) is 0 Å². The Labute approximate surface area is 101 Å². The Morgan fingerprint density at radius 1 is 1.47 bits per heavy atom. The maximum Gasteiger partial charge on any atom is 0.419 e. The van der Waals surface area contributed by atoms with Crippen molar-refractivity contribution in [3.8, 4) is 0 Å². The van der Waals surface area contributed by atoms with Gasteiger partial charge < -0.3 is 14.0 Å². The molecule has 0 bridgehead atoms. The highest BCUT2D eigenvalue weighted by Gasteiger charge is 2.43. The fourth-order valence-corrected chi connectivity index (χ4v) is 1.99. The van der Waals surface area contributed by atoms with Crippen molar-refractivity contribution >= 4 is 19.2 Å². The zero-order valence-corrected chi connectivity index (χ0v) is 10.2. The highest BCUT2D eigenvalue weighted by Crippen LogP contribution is 2.46. The summed E-state index contributed by atoms with van der Waals surface area (Å²) in [6.07, 6.45) is -7.37. The molecule has 8 heteroatoms. The molecule has 96 valence electrons. The lowest BCUT2D eigenvalue weighted by molar-refractivity contribution is -0.239. The van der Waals surface area contributed by atoms with E-state index < -0.39 is 19.9 Å². The van der Waals surface area contributed by atoms with E-state index in [-0.39, 0.29) is 10.6 Å². The van der Waals surface area contributed by atoms with E-state index in [1.165, 1.54) is 12.1 Å². The van der Waals surface area contributed by atoms with Gasteiger partial charge >= 0.3 is 6.18 Å². The lowest BCUT2D eigenvalue weighted by Crippen LogP contribution is -2.24. The predicted molar refractivity (Wildman–Crippen MR) is 54.9 cm³/mol. The molecule has 0 heterocycles. The van der Waals surface area contributed by atoms with Gasteiger partial charge in [0.1, 0.15) is 7.60 Å². The van der Waals surface area contributed by atoms with Crippen molar-refractivity contribution < 1.29 is 27.2 Å². The summed E-state index contributed by atoms with van der Waals surface area (Å²) >= 11 is 5.54. The standard InChI is InChI=1S/C9H9ClF3O3P/c1-17(14,15)16-8(9(11,12)13)6-3-2-4-7(10)5-6/h2-5,8H,1H3,(H,14,15)/p-1/t8-/m1/s1. The second-order valence-corrected chi connectivity index (χ2v) is 5.54. The molecule has 0 amide bonds. The summed E-state index contributed by atoms with van der Waals surface area (Å²) in [4.78, 5) is 10.8. The van der Waals surface area contributed by atoms with Crippen LogP contribution in [0.1, 0.15) is 11.7 Å². The summed E-state index contributed by atoms with van der Waals surface area (Å²) < 4.78 is 52.8. The maximum atomic E-state index is 12.6. The third-order valence-electron chi connectivity index (χ3n) is 1.75. The van der Waals surface area contributed by atoms with E-state index in [0.717, 1.165) is 12.1 Å². The average molecular weight is 288 g/mol. The van der Waals surface area contributed by atoms with Crippen LogP contribution in [0.5, 0.6) is 0 Å². The topological polar surface area (TPSA) is 49.4 Å². The molecule has 0 aromatic heterocycles. The molecule has 1 aromatic carbocycles. The lowest BCUT2D eigenvalue weighted by atomic mass is 10.1. The first kappa shape index (κ1) is 14.5. The van der Waals surface area contributed by atoms with Gasteiger partial charge in [0.05, 0.1) is 0 Å². The molecule has 1 aromatic rings. The molecule has 0 aliphatic rings. The van der Waals surface area contributed by atoms with Crippen LogP contribution in [0.25, 0.3) is 0 Å². The van der Waals surface area contributed by atoms with E-state index in [0.29, 0.717) is 6.66 Å². The Morgan fingerprint density at radius 2 is 2.06 bits per heavy atom. The molecule has 0 aliphatic carbocycles. The van der Waals surface area contributed by atoms with Crippen molar-refractivity contribution in [2.45, 2.75) is 12.3 Å². The minimum Gasteiger partial charge on any atom is -0.779 e. The third kappa shape index (κ3) is 4.68. The molecule has 3 nitrogen and oxygen atoms in total. The molecule has 0 aliphatic heterocycles. The summed E-state index contributed by atoms with van der Waals surface area (Å²) in [6, 6.07) is 4.77. The Kier molecular flexibility index (Phi) is 4.25. The molecule has 0 spiro atoms. The number of halogens is 4. The van der Waals surface area contributed by atoms with Crippen LogP contribution in [0.3, 0.4) is 0 Å². The summed E-state index contributed by atoms with van der Waals surface area (Å²) in [6.45, 7) is 0.580. The molecule has 17 heavy (non-hydrogen) atoms. The van der Waals surface area contributed by atoms with Gasteiger partial charge in [0.2, 0.25) is 0 Å². The van der Waals surface area contributed by atoms with E-state index in [1.807, 2.05) is 0 Å². The van der Waals surface area contributed by atoms with Gasteiger partial charge in [0, 0.05) is 11.7 Å². The first-order valence-corrected chi connectivity index (χ1v) is 6.75. The fraction of sp³-hybridized carbons (Fsp3) is 0.333. The fourth-order valence-electron chi connectivity index (χ4n) is 1.17. The zero-order valence-electron chi connectivity index (χ0n) is 8.57. The first-order valence-electron chi connectivity index (χ1n) is 4.39. The van der Waals surface area contributed by atoms with Crippen LogP contribution in [0, 0.1) is 0 Å². The van der Waals surface area contributed by atoms with Crippen molar-refractivity contribution in [2.75, 3.05) is 6.66 Å². The molecular weight excluding hydrogens is 280 g/mol. The SMILES string of the molecule is CP(=O)([O-])O[C@H](c1cccc(Cl)c1)C(F)(F)F. The number of hydrogen-bond acceptors (Lipinski definition) is 3. The predicted octanol–water partition coefficient (Wildman–Crippen LogP) is 3.14. The van der Waals surface area contributed by atoms with Gasteiger partial charge in [-0.05, 0) is 17.7 Å². The van der Waals surface area contributed by atoms with E-state index in [9.17, 15) is 22.6 Å². The van der Waals surface area contributed by atoms with Gasteiger partial charge in [0.25, 0.3) is 0 Å². The average Bonchev–Trinajstić information content (AvgIpc) is 2.11. The van der Waals surface area contributed by atoms with Crippen LogP contribution in [0.2, 0.25) is 5.02 Å². The number of hydrogen-bond donors (Lipinski definition) is 0. The Morgan fingerprint density at radius 3 is 2.47 bits per heavy atom. The second-order valence-electron chi connectivity index (χ2n) is 3.35. The smallest absolute Gasteiger partial charge is 0.419 e. The van der Waals surface area contributed by atoms with Gasteiger partial charge in [-0.15, -0.1) is 0 Å². The van der Waals surface area contributed by atoms with Crippen LogP contribution in [-0.4, -0.2) is 12.8 Å². The first-order chi connectivity index (χ1) is 7.59. The normalized spacial score (nSPS) is 17.5. The van der Waals surface area contributed by atoms with Crippen LogP contribution in [0.15, 0.2) is 24.3 Å². The monoisotopic (exact) mass is 287 g/mol. The minimum atomic E-state index is -4.83. The van der Waals surface area contributed by atoms with Gasteiger partial charge in [-0.1, -0.05) is 23.7 Å². The van der Waals surface area contributed by atoms with E-state index in [4.69, 9.17) is 11.6 Å². The molecule has 0 saturated carbocycles. The maximum absolute atomic E-state index is 12.6. The van der Waals surface area contributed by atoms with Crippen LogP contribution in [0.4, 0.5) is 13.2 Å². The lowest BCUT2D eigenvalue weighted by Gasteiger charge is -2.27. The van der Waals surface area contributed by atoms with Crippen molar-refractivity contribution in [2.24, 2.45) is 0 Å². The molecule has 0 radical (unpaired) electrons. The molecule has 0 saturated heterocycles. The molecule has 1 unspecified atom stereocenters. The van der Waals surface area contributed by atoms with Crippen molar-refractivity contribution in [1.82, 2.24) is 0 Å². The third-order valence-corrected chi connectivity index (χ3v) is 2.57. The largest absolute Gasteiger partial charge is 0.779 e. The summed E-state index contributed by atoms with van der Waals surface area (Å²) in [5.41, 5.74) is -0.358. The highest BCUT2D eigenvalue weighted by atomic mass is 35.5. The number of rotatable bonds is 3. The molecule has 0 N–H and O–H groups in total.